The molecular weight excluding hydrogens is 162 g/mol. The molecule has 0 aliphatic heterocycles. The van der Waals surface area contributed by atoms with E-state index in [-0.39, 0.29) is 0 Å². The van der Waals surface area contributed by atoms with Gasteiger partial charge in [-0.3, -0.25) is 4.98 Å². The molecule has 0 fully saturated rings. The largest absolute Gasteiger partial charge is 0.264 e. The Balaban J connectivity index is 2.76. The van der Waals surface area contributed by atoms with Crippen molar-refractivity contribution in [1.82, 2.24) is 15.2 Å². The zero-order valence-electron chi connectivity index (χ0n) is 7.73. The number of rotatable bonds is 1. The molecule has 0 atom stereocenters. The molecule has 0 radical (unpaired) electrons. The molecule has 0 saturated carbocycles. The highest BCUT2D eigenvalue weighted by molar-refractivity contribution is 5.80. The second-order valence-electron chi connectivity index (χ2n) is 3.35. The molecule has 3 nitrogen and oxygen atoms in total. The first-order valence-electron chi connectivity index (χ1n) is 4.34. The van der Waals surface area contributed by atoms with E-state index in [1.807, 2.05) is 18.5 Å². The predicted octanol–water partition coefficient (Wildman–Crippen LogP) is 2.15. The maximum atomic E-state index is 4.09. The number of aromatic nitrogens is 3. The summed E-state index contributed by atoms with van der Waals surface area (Å²) in [6, 6.07) is 1.88. The highest BCUT2D eigenvalue weighted by atomic mass is 15.1. The summed E-state index contributed by atoms with van der Waals surface area (Å²) < 4.78 is 0. The van der Waals surface area contributed by atoms with Crippen LogP contribution in [0.5, 0.6) is 0 Å². The van der Waals surface area contributed by atoms with Crippen LogP contribution in [0.25, 0.3) is 10.9 Å². The smallest absolute Gasteiger partial charge is 0.0963 e. The fourth-order valence-electron chi connectivity index (χ4n) is 1.38. The van der Waals surface area contributed by atoms with Gasteiger partial charge in [0.1, 0.15) is 0 Å². The SMILES string of the molecule is CC(C)c1cnnc2ccncc12. The highest BCUT2D eigenvalue weighted by Crippen LogP contribution is 2.21. The van der Waals surface area contributed by atoms with Gasteiger partial charge in [-0.05, 0) is 17.5 Å². The van der Waals surface area contributed by atoms with Gasteiger partial charge in [0.05, 0.1) is 11.7 Å². The average molecular weight is 173 g/mol. The van der Waals surface area contributed by atoms with Gasteiger partial charge in [0.25, 0.3) is 0 Å². The van der Waals surface area contributed by atoms with Crippen LogP contribution in [-0.4, -0.2) is 15.2 Å². The third kappa shape index (κ3) is 1.37. The molecule has 0 N–H and O–H groups in total. The van der Waals surface area contributed by atoms with Gasteiger partial charge in [-0.2, -0.15) is 10.2 Å². The molecule has 0 aliphatic carbocycles. The van der Waals surface area contributed by atoms with E-state index in [0.29, 0.717) is 5.92 Å². The fraction of sp³-hybridized carbons (Fsp3) is 0.300. The van der Waals surface area contributed by atoms with E-state index >= 15 is 0 Å². The minimum absolute atomic E-state index is 0.460. The van der Waals surface area contributed by atoms with Crippen molar-refractivity contribution in [1.29, 1.82) is 0 Å². The zero-order chi connectivity index (χ0) is 9.26. The van der Waals surface area contributed by atoms with Crippen LogP contribution in [0.15, 0.2) is 24.7 Å². The van der Waals surface area contributed by atoms with Crippen molar-refractivity contribution < 1.29 is 0 Å². The van der Waals surface area contributed by atoms with Gasteiger partial charge in [-0.25, -0.2) is 0 Å². The lowest BCUT2D eigenvalue weighted by atomic mass is 10.0. The Hall–Kier alpha value is -1.51. The van der Waals surface area contributed by atoms with Crippen LogP contribution in [0, 0.1) is 0 Å². The molecule has 2 aromatic heterocycles. The summed E-state index contributed by atoms with van der Waals surface area (Å²) in [5, 5.41) is 9.09. The van der Waals surface area contributed by atoms with Crippen LogP contribution in [-0.2, 0) is 0 Å². The summed E-state index contributed by atoms with van der Waals surface area (Å²) in [4.78, 5) is 4.09. The Kier molecular flexibility index (Phi) is 1.93. The molecule has 0 spiro atoms. The first-order valence-corrected chi connectivity index (χ1v) is 4.34. The minimum Gasteiger partial charge on any atom is -0.264 e. The Morgan fingerprint density at radius 1 is 1.23 bits per heavy atom. The van der Waals surface area contributed by atoms with Gasteiger partial charge < -0.3 is 0 Å². The van der Waals surface area contributed by atoms with Gasteiger partial charge in [0.15, 0.2) is 0 Å². The summed E-state index contributed by atoms with van der Waals surface area (Å²) in [5.74, 6) is 0.460. The van der Waals surface area contributed by atoms with Gasteiger partial charge in [-0.1, -0.05) is 13.8 Å². The van der Waals surface area contributed by atoms with Gasteiger partial charge in [-0.15, -0.1) is 0 Å². The quantitative estimate of drug-likeness (QED) is 0.663. The lowest BCUT2D eigenvalue weighted by Gasteiger charge is -2.06. The minimum atomic E-state index is 0.460. The summed E-state index contributed by atoms with van der Waals surface area (Å²) in [6.45, 7) is 4.28. The van der Waals surface area contributed by atoms with Crippen LogP contribution < -0.4 is 0 Å². The average Bonchev–Trinajstić information content (AvgIpc) is 2.17. The molecule has 66 valence electrons. The first-order chi connectivity index (χ1) is 6.29. The lowest BCUT2D eigenvalue weighted by molar-refractivity contribution is 0.857. The lowest BCUT2D eigenvalue weighted by Crippen LogP contribution is -1.94. The summed E-state index contributed by atoms with van der Waals surface area (Å²) in [5.41, 5.74) is 2.12. The van der Waals surface area contributed by atoms with Crippen molar-refractivity contribution in [2.75, 3.05) is 0 Å². The molecule has 3 heteroatoms. The van der Waals surface area contributed by atoms with Crippen molar-refractivity contribution in [3.63, 3.8) is 0 Å². The monoisotopic (exact) mass is 173 g/mol. The summed E-state index contributed by atoms with van der Waals surface area (Å²) in [6.07, 6.45) is 5.40. The predicted molar refractivity (Wildman–Crippen MR) is 51.4 cm³/mol. The number of pyridine rings is 1. The molecule has 2 aromatic rings. The Bertz CT molecular complexity index is 418. The van der Waals surface area contributed by atoms with Crippen LogP contribution in [0.4, 0.5) is 0 Å². The van der Waals surface area contributed by atoms with Gasteiger partial charge in [0, 0.05) is 17.8 Å². The molecule has 0 bridgehead atoms. The number of hydrogen-bond donors (Lipinski definition) is 0. The van der Waals surface area contributed by atoms with Crippen molar-refractivity contribution in [2.45, 2.75) is 19.8 Å². The summed E-state index contributed by atoms with van der Waals surface area (Å²) in [7, 11) is 0. The maximum Gasteiger partial charge on any atom is 0.0963 e. The molecule has 0 aliphatic rings. The topological polar surface area (TPSA) is 38.7 Å². The molecule has 0 amide bonds. The van der Waals surface area contributed by atoms with Crippen molar-refractivity contribution in [3.8, 4) is 0 Å². The Morgan fingerprint density at radius 3 is 2.85 bits per heavy atom. The van der Waals surface area contributed by atoms with Crippen molar-refractivity contribution in [2.24, 2.45) is 0 Å². The van der Waals surface area contributed by atoms with Crippen LogP contribution in [0.2, 0.25) is 0 Å². The number of hydrogen-bond acceptors (Lipinski definition) is 3. The molecule has 13 heavy (non-hydrogen) atoms. The van der Waals surface area contributed by atoms with E-state index in [1.165, 1.54) is 5.56 Å². The van der Waals surface area contributed by atoms with E-state index in [1.54, 1.807) is 6.20 Å². The molecular formula is C10H11N3. The van der Waals surface area contributed by atoms with Gasteiger partial charge >= 0.3 is 0 Å². The zero-order valence-corrected chi connectivity index (χ0v) is 7.73. The fourth-order valence-corrected chi connectivity index (χ4v) is 1.38. The van der Waals surface area contributed by atoms with Crippen molar-refractivity contribution in [3.05, 3.63) is 30.2 Å². The normalized spacial score (nSPS) is 11.0. The van der Waals surface area contributed by atoms with E-state index in [0.717, 1.165) is 10.9 Å². The third-order valence-corrected chi connectivity index (χ3v) is 2.09. The standard InChI is InChI=1S/C10H11N3/c1-7(2)8-6-12-13-10-3-4-11-5-9(8)10/h3-7H,1-2H3. The van der Waals surface area contributed by atoms with E-state index in [2.05, 4.69) is 29.0 Å². The number of fused-ring (bicyclic) bond motifs is 1. The van der Waals surface area contributed by atoms with E-state index in [9.17, 15) is 0 Å². The molecule has 2 rings (SSSR count). The molecule has 0 unspecified atom stereocenters. The second kappa shape index (κ2) is 3.09. The number of nitrogens with zero attached hydrogens (tertiary/aromatic N) is 3. The highest BCUT2D eigenvalue weighted by Gasteiger charge is 2.05. The van der Waals surface area contributed by atoms with Crippen LogP contribution in [0.3, 0.4) is 0 Å². The van der Waals surface area contributed by atoms with Crippen LogP contribution >= 0.6 is 0 Å². The van der Waals surface area contributed by atoms with Crippen LogP contribution in [0.1, 0.15) is 25.3 Å². The second-order valence-corrected chi connectivity index (χ2v) is 3.35. The van der Waals surface area contributed by atoms with Gasteiger partial charge in [0.2, 0.25) is 0 Å². The maximum absolute atomic E-state index is 4.09. The molecule has 0 aromatic carbocycles. The Labute approximate surface area is 76.8 Å². The third-order valence-electron chi connectivity index (χ3n) is 2.09. The molecule has 0 saturated heterocycles. The molecule has 2 heterocycles. The van der Waals surface area contributed by atoms with E-state index in [4.69, 9.17) is 0 Å². The summed E-state index contributed by atoms with van der Waals surface area (Å²) >= 11 is 0. The van der Waals surface area contributed by atoms with Crippen molar-refractivity contribution >= 4 is 10.9 Å². The first kappa shape index (κ1) is 8.10. The van der Waals surface area contributed by atoms with E-state index < -0.39 is 0 Å². The Morgan fingerprint density at radius 2 is 2.08 bits per heavy atom.